The van der Waals surface area contributed by atoms with Gasteiger partial charge in [0.1, 0.15) is 5.82 Å². The Labute approximate surface area is 121 Å². The molecule has 1 aromatic carbocycles. The van der Waals surface area contributed by atoms with Crippen LogP contribution in [0.5, 0.6) is 0 Å². The Morgan fingerprint density at radius 1 is 1.35 bits per heavy atom. The monoisotopic (exact) mass is 284 g/mol. The van der Waals surface area contributed by atoms with E-state index in [2.05, 4.69) is 34.7 Å². The molecule has 5 heteroatoms. The second-order valence-corrected chi connectivity index (χ2v) is 6.36. The van der Waals surface area contributed by atoms with E-state index in [4.69, 9.17) is 10.7 Å². The lowest BCUT2D eigenvalue weighted by molar-refractivity contribution is 0.713. The van der Waals surface area contributed by atoms with Gasteiger partial charge in [-0.25, -0.2) is 9.97 Å². The number of hydrogen-bond donors (Lipinski definition) is 1. The fourth-order valence-corrected chi connectivity index (χ4v) is 3.25. The molecular weight excluding hydrogens is 268 g/mol. The van der Waals surface area contributed by atoms with Gasteiger partial charge in [0, 0.05) is 17.8 Å². The van der Waals surface area contributed by atoms with Crippen LogP contribution in [0, 0.1) is 6.92 Å². The van der Waals surface area contributed by atoms with Gasteiger partial charge in [0.25, 0.3) is 0 Å². The molecule has 0 bridgehead atoms. The molecule has 1 aliphatic carbocycles. The van der Waals surface area contributed by atoms with Crippen molar-refractivity contribution >= 4 is 27.5 Å². The number of hydrogen-bond acceptors (Lipinski definition) is 4. The average Bonchev–Trinajstić information content (AvgIpc) is 3.07. The zero-order valence-corrected chi connectivity index (χ0v) is 12.2. The minimum atomic E-state index is 0.619. The van der Waals surface area contributed by atoms with E-state index in [1.165, 1.54) is 35.3 Å². The normalized spacial score (nSPS) is 15.1. The quantitative estimate of drug-likeness (QED) is 0.802. The highest BCUT2D eigenvalue weighted by Crippen LogP contribution is 2.39. The van der Waals surface area contributed by atoms with E-state index in [0.717, 1.165) is 23.5 Å². The maximum Gasteiger partial charge on any atom is 0.180 e. The molecule has 2 N–H and O–H groups in total. The van der Waals surface area contributed by atoms with Crippen molar-refractivity contribution < 1.29 is 0 Å². The molecule has 2 heterocycles. The van der Waals surface area contributed by atoms with E-state index in [0.29, 0.717) is 11.2 Å². The van der Waals surface area contributed by atoms with Gasteiger partial charge in [-0.15, -0.1) is 11.3 Å². The number of benzene rings is 1. The maximum atomic E-state index is 5.72. The zero-order chi connectivity index (χ0) is 13.7. The molecule has 1 fully saturated rings. The van der Waals surface area contributed by atoms with Gasteiger partial charge >= 0.3 is 0 Å². The van der Waals surface area contributed by atoms with Crippen molar-refractivity contribution in [3.8, 4) is 0 Å². The third-order valence-corrected chi connectivity index (χ3v) is 4.46. The summed E-state index contributed by atoms with van der Waals surface area (Å²) in [5.74, 6) is 1.11. The molecule has 0 saturated heterocycles. The molecular formula is C15H16N4S. The highest BCUT2D eigenvalue weighted by Gasteiger charge is 2.28. The molecule has 3 aromatic rings. The summed E-state index contributed by atoms with van der Waals surface area (Å²) in [6, 6.07) is 7.13. The molecule has 20 heavy (non-hydrogen) atoms. The third-order valence-electron chi connectivity index (χ3n) is 3.74. The van der Waals surface area contributed by atoms with Gasteiger partial charge in [-0.2, -0.15) is 0 Å². The molecule has 0 aliphatic heterocycles. The number of aryl methyl sites for hydroxylation is 1. The Balaban J connectivity index is 1.83. The van der Waals surface area contributed by atoms with Gasteiger partial charge in [0.15, 0.2) is 5.13 Å². The largest absolute Gasteiger partial charge is 0.375 e. The predicted octanol–water partition coefficient (Wildman–Crippen LogP) is 3.31. The Bertz CT molecular complexity index is 782. The molecule has 0 spiro atoms. The van der Waals surface area contributed by atoms with Crippen LogP contribution in [-0.2, 0) is 6.42 Å². The average molecular weight is 284 g/mol. The van der Waals surface area contributed by atoms with E-state index in [1.807, 2.05) is 5.38 Å². The lowest BCUT2D eigenvalue weighted by Crippen LogP contribution is -2.03. The van der Waals surface area contributed by atoms with Crippen LogP contribution in [0.15, 0.2) is 23.6 Å². The van der Waals surface area contributed by atoms with Crippen molar-refractivity contribution in [3.05, 3.63) is 40.7 Å². The highest BCUT2D eigenvalue weighted by molar-refractivity contribution is 7.13. The SMILES string of the molecule is Cc1ccc2c(c1)nc(Cc1csc(N)n1)n2C1CC1. The lowest BCUT2D eigenvalue weighted by atomic mass is 10.2. The summed E-state index contributed by atoms with van der Waals surface area (Å²) >= 11 is 1.49. The van der Waals surface area contributed by atoms with Crippen molar-refractivity contribution in [2.24, 2.45) is 0 Å². The molecule has 4 nitrogen and oxygen atoms in total. The van der Waals surface area contributed by atoms with Crippen molar-refractivity contribution in [3.63, 3.8) is 0 Å². The van der Waals surface area contributed by atoms with Crippen LogP contribution in [0.4, 0.5) is 5.13 Å². The number of nitrogens with two attached hydrogens (primary N) is 1. The van der Waals surface area contributed by atoms with Gasteiger partial charge in [0.05, 0.1) is 16.7 Å². The molecule has 2 aromatic heterocycles. The first-order chi connectivity index (χ1) is 9.70. The number of nitrogens with zero attached hydrogens (tertiary/aromatic N) is 3. The Hall–Kier alpha value is -1.88. The summed E-state index contributed by atoms with van der Waals surface area (Å²) in [5, 5.41) is 2.65. The summed E-state index contributed by atoms with van der Waals surface area (Å²) in [5.41, 5.74) is 10.3. The molecule has 0 unspecified atom stereocenters. The van der Waals surface area contributed by atoms with Gasteiger partial charge in [-0.3, -0.25) is 0 Å². The molecule has 0 atom stereocenters. The Kier molecular flexibility index (Phi) is 2.57. The second kappa shape index (κ2) is 4.31. The van der Waals surface area contributed by atoms with Crippen LogP contribution in [-0.4, -0.2) is 14.5 Å². The lowest BCUT2D eigenvalue weighted by Gasteiger charge is -2.06. The molecule has 0 radical (unpaired) electrons. The van der Waals surface area contributed by atoms with Gasteiger partial charge in [-0.1, -0.05) is 6.07 Å². The number of aromatic nitrogens is 3. The van der Waals surface area contributed by atoms with Crippen LogP contribution in [0.2, 0.25) is 0 Å². The third kappa shape index (κ3) is 1.98. The molecule has 102 valence electrons. The van der Waals surface area contributed by atoms with Gasteiger partial charge in [-0.05, 0) is 37.5 Å². The number of rotatable bonds is 3. The van der Waals surface area contributed by atoms with Crippen LogP contribution in [0.3, 0.4) is 0 Å². The summed E-state index contributed by atoms with van der Waals surface area (Å²) in [4.78, 5) is 9.18. The highest BCUT2D eigenvalue weighted by atomic mass is 32.1. The van der Waals surface area contributed by atoms with Crippen LogP contribution in [0.25, 0.3) is 11.0 Å². The number of anilines is 1. The standard InChI is InChI=1S/C15H16N4S/c1-9-2-5-13-12(6-9)18-14(19(13)11-3-4-11)7-10-8-20-15(16)17-10/h2,5-6,8,11H,3-4,7H2,1H3,(H2,16,17). The van der Waals surface area contributed by atoms with E-state index < -0.39 is 0 Å². The van der Waals surface area contributed by atoms with Gasteiger partial charge in [0.2, 0.25) is 0 Å². The summed E-state index contributed by atoms with van der Waals surface area (Å²) in [7, 11) is 0. The van der Waals surface area contributed by atoms with E-state index in [9.17, 15) is 0 Å². The Morgan fingerprint density at radius 2 is 2.20 bits per heavy atom. The van der Waals surface area contributed by atoms with Gasteiger partial charge < -0.3 is 10.3 Å². The number of imidazole rings is 1. The van der Waals surface area contributed by atoms with Crippen LogP contribution < -0.4 is 5.73 Å². The Morgan fingerprint density at radius 3 is 2.90 bits per heavy atom. The minimum absolute atomic E-state index is 0.619. The van der Waals surface area contributed by atoms with Crippen molar-refractivity contribution in [1.29, 1.82) is 0 Å². The molecule has 1 saturated carbocycles. The molecule has 4 rings (SSSR count). The maximum absolute atomic E-state index is 5.72. The number of thiazole rings is 1. The van der Waals surface area contributed by atoms with E-state index >= 15 is 0 Å². The van der Waals surface area contributed by atoms with Crippen LogP contribution >= 0.6 is 11.3 Å². The summed E-state index contributed by atoms with van der Waals surface area (Å²) in [6.07, 6.45) is 3.27. The zero-order valence-electron chi connectivity index (χ0n) is 11.3. The fraction of sp³-hybridized carbons (Fsp3) is 0.333. The first-order valence-electron chi connectivity index (χ1n) is 6.88. The van der Waals surface area contributed by atoms with Crippen molar-refractivity contribution in [1.82, 2.24) is 14.5 Å². The smallest absolute Gasteiger partial charge is 0.180 e. The number of fused-ring (bicyclic) bond motifs is 1. The fourth-order valence-electron chi connectivity index (χ4n) is 2.69. The van der Waals surface area contributed by atoms with E-state index in [1.54, 1.807) is 0 Å². The predicted molar refractivity (Wildman–Crippen MR) is 82.1 cm³/mol. The number of nitrogen functional groups attached to an aromatic ring is 1. The first kappa shape index (κ1) is 11.9. The minimum Gasteiger partial charge on any atom is -0.375 e. The first-order valence-corrected chi connectivity index (χ1v) is 7.76. The second-order valence-electron chi connectivity index (χ2n) is 5.48. The summed E-state index contributed by atoms with van der Waals surface area (Å²) < 4.78 is 2.39. The van der Waals surface area contributed by atoms with Crippen LogP contribution in [0.1, 0.15) is 36.0 Å². The van der Waals surface area contributed by atoms with Crippen molar-refractivity contribution in [2.45, 2.75) is 32.2 Å². The van der Waals surface area contributed by atoms with Crippen molar-refractivity contribution in [2.75, 3.05) is 5.73 Å². The molecule has 0 amide bonds. The molecule has 1 aliphatic rings. The topological polar surface area (TPSA) is 56.7 Å². The van der Waals surface area contributed by atoms with E-state index in [-0.39, 0.29) is 0 Å². The summed E-state index contributed by atoms with van der Waals surface area (Å²) in [6.45, 7) is 2.11.